The van der Waals surface area contributed by atoms with E-state index in [9.17, 15) is 9.50 Å². The number of halogens is 1. The molecule has 0 aliphatic heterocycles. The van der Waals surface area contributed by atoms with Gasteiger partial charge in [0.1, 0.15) is 5.82 Å². The largest absolute Gasteiger partial charge is 0.388 e. The fourth-order valence-electron chi connectivity index (χ4n) is 2.37. The minimum absolute atomic E-state index is 0.330. The number of benzene rings is 3. The smallest absolute Gasteiger partial charge is 0.123 e. The average molecular weight is 383 g/mol. The van der Waals surface area contributed by atoms with Crippen LogP contribution in [0.4, 0.5) is 4.39 Å². The Hall–Kier alpha value is -2.01. The zero-order chi connectivity index (χ0) is 18.2. The second kappa shape index (κ2) is 9.62. The van der Waals surface area contributed by atoms with Gasteiger partial charge < -0.3 is 5.11 Å². The van der Waals surface area contributed by atoms with Crippen LogP contribution in [0, 0.1) is 5.82 Å². The lowest BCUT2D eigenvalue weighted by atomic mass is 10.1. The Labute approximate surface area is 162 Å². The molecule has 0 bridgehead atoms. The highest BCUT2D eigenvalue weighted by atomic mass is 32.2. The number of aliphatic hydroxyl groups excluding tert-OH is 1. The molecule has 0 unspecified atom stereocenters. The zero-order valence-electron chi connectivity index (χ0n) is 14.1. The lowest BCUT2D eigenvalue weighted by Crippen LogP contribution is -1.96. The van der Waals surface area contributed by atoms with E-state index in [1.165, 1.54) is 12.1 Å². The molecule has 4 heteroatoms. The van der Waals surface area contributed by atoms with Gasteiger partial charge in [-0.3, -0.25) is 0 Å². The monoisotopic (exact) mass is 382 g/mol. The first-order valence-electron chi connectivity index (χ1n) is 8.30. The van der Waals surface area contributed by atoms with Crippen molar-refractivity contribution in [2.24, 2.45) is 0 Å². The van der Waals surface area contributed by atoms with E-state index < -0.39 is 6.10 Å². The molecular weight excluding hydrogens is 363 g/mol. The van der Waals surface area contributed by atoms with E-state index in [-0.39, 0.29) is 5.82 Å². The van der Waals surface area contributed by atoms with E-state index in [0.29, 0.717) is 12.0 Å². The summed E-state index contributed by atoms with van der Waals surface area (Å²) in [5, 5.41) is 10.4. The third kappa shape index (κ3) is 5.77. The van der Waals surface area contributed by atoms with Gasteiger partial charge in [-0.1, -0.05) is 78.1 Å². The Morgan fingerprint density at radius 2 is 1.42 bits per heavy atom. The maximum absolute atomic E-state index is 13.4. The predicted octanol–water partition coefficient (Wildman–Crippen LogP) is 6.68. The molecule has 3 aromatic rings. The molecule has 0 fully saturated rings. The molecule has 132 valence electrons. The number of hydrogen-bond acceptors (Lipinski definition) is 3. The molecule has 3 rings (SSSR count). The Kier molecular flexibility index (Phi) is 6.95. The second-order valence-corrected chi connectivity index (χ2v) is 8.15. The van der Waals surface area contributed by atoms with Crippen molar-refractivity contribution in [2.75, 3.05) is 0 Å². The SMILES string of the molecule is O[C@@H](CC=C(Sc1ccccc1)Sc1ccccc1)c1cccc(F)c1. The molecule has 0 spiro atoms. The topological polar surface area (TPSA) is 20.2 Å². The van der Waals surface area contributed by atoms with Crippen molar-refractivity contribution in [3.63, 3.8) is 0 Å². The second-order valence-electron chi connectivity index (χ2n) is 5.66. The van der Waals surface area contributed by atoms with Crippen LogP contribution in [-0.4, -0.2) is 5.11 Å². The van der Waals surface area contributed by atoms with Crippen molar-refractivity contribution in [1.29, 1.82) is 0 Å². The first-order chi connectivity index (χ1) is 12.7. The molecule has 1 nitrogen and oxygen atoms in total. The van der Waals surface area contributed by atoms with E-state index in [1.807, 2.05) is 42.5 Å². The Morgan fingerprint density at radius 3 is 1.96 bits per heavy atom. The first kappa shape index (κ1) is 18.8. The lowest BCUT2D eigenvalue weighted by molar-refractivity contribution is 0.181. The maximum atomic E-state index is 13.4. The van der Waals surface area contributed by atoms with Crippen LogP contribution >= 0.6 is 23.5 Å². The summed E-state index contributed by atoms with van der Waals surface area (Å²) in [7, 11) is 0. The van der Waals surface area contributed by atoms with E-state index in [1.54, 1.807) is 35.7 Å². The van der Waals surface area contributed by atoms with Gasteiger partial charge in [0, 0.05) is 14.0 Å². The van der Waals surface area contributed by atoms with Gasteiger partial charge in [-0.2, -0.15) is 0 Å². The van der Waals surface area contributed by atoms with Crippen LogP contribution in [-0.2, 0) is 0 Å². The van der Waals surface area contributed by atoms with Gasteiger partial charge in [0.25, 0.3) is 0 Å². The van der Waals surface area contributed by atoms with Crippen molar-refractivity contribution < 1.29 is 9.50 Å². The van der Waals surface area contributed by atoms with Gasteiger partial charge in [-0.15, -0.1) is 0 Å². The molecular formula is C22H19FOS2. The van der Waals surface area contributed by atoms with Crippen LogP contribution in [0.15, 0.2) is 105 Å². The van der Waals surface area contributed by atoms with Crippen LogP contribution in [0.2, 0.25) is 0 Å². The van der Waals surface area contributed by atoms with Crippen LogP contribution in [0.1, 0.15) is 18.1 Å². The third-order valence-corrected chi connectivity index (χ3v) is 5.92. The molecule has 0 amide bonds. The van der Waals surface area contributed by atoms with Crippen molar-refractivity contribution in [3.05, 3.63) is 107 Å². The van der Waals surface area contributed by atoms with Crippen molar-refractivity contribution in [3.8, 4) is 0 Å². The summed E-state index contributed by atoms with van der Waals surface area (Å²) in [5.41, 5.74) is 0.593. The van der Waals surface area contributed by atoms with E-state index in [2.05, 4.69) is 24.3 Å². The summed E-state index contributed by atoms with van der Waals surface area (Å²) >= 11 is 3.33. The number of rotatable bonds is 7. The van der Waals surface area contributed by atoms with Crippen molar-refractivity contribution in [2.45, 2.75) is 22.3 Å². The predicted molar refractivity (Wildman–Crippen MR) is 109 cm³/mol. The molecule has 26 heavy (non-hydrogen) atoms. The molecule has 0 aliphatic rings. The van der Waals surface area contributed by atoms with Crippen LogP contribution < -0.4 is 0 Å². The highest BCUT2D eigenvalue weighted by molar-refractivity contribution is 8.22. The number of thioether (sulfide) groups is 2. The highest BCUT2D eigenvalue weighted by Gasteiger charge is 2.09. The molecule has 1 N–H and O–H groups in total. The first-order valence-corrected chi connectivity index (χ1v) is 9.93. The van der Waals surface area contributed by atoms with Gasteiger partial charge in [0.05, 0.1) is 6.10 Å². The molecule has 0 saturated carbocycles. The molecule has 0 saturated heterocycles. The van der Waals surface area contributed by atoms with E-state index in [4.69, 9.17) is 0 Å². The summed E-state index contributed by atoms with van der Waals surface area (Å²) < 4.78 is 14.4. The lowest BCUT2D eigenvalue weighted by Gasteiger charge is -2.11. The quantitative estimate of drug-likeness (QED) is 0.461. The van der Waals surface area contributed by atoms with Gasteiger partial charge in [0.2, 0.25) is 0 Å². The number of hydrogen-bond donors (Lipinski definition) is 1. The van der Waals surface area contributed by atoms with Crippen LogP contribution in [0.25, 0.3) is 0 Å². The Balaban J connectivity index is 1.76. The highest BCUT2D eigenvalue weighted by Crippen LogP contribution is 2.40. The van der Waals surface area contributed by atoms with Crippen LogP contribution in [0.5, 0.6) is 0 Å². The molecule has 0 aliphatic carbocycles. The normalized spacial score (nSPS) is 11.8. The summed E-state index contributed by atoms with van der Waals surface area (Å²) in [6.45, 7) is 0. The Bertz CT molecular complexity index is 807. The fraction of sp³-hybridized carbons (Fsp3) is 0.0909. The average Bonchev–Trinajstić information content (AvgIpc) is 2.67. The van der Waals surface area contributed by atoms with Crippen molar-refractivity contribution >= 4 is 23.5 Å². The maximum Gasteiger partial charge on any atom is 0.123 e. The van der Waals surface area contributed by atoms with Gasteiger partial charge in [-0.05, 0) is 48.4 Å². The fourth-order valence-corrected chi connectivity index (χ4v) is 4.53. The van der Waals surface area contributed by atoms with Gasteiger partial charge >= 0.3 is 0 Å². The van der Waals surface area contributed by atoms with E-state index in [0.717, 1.165) is 14.0 Å². The Morgan fingerprint density at radius 1 is 0.846 bits per heavy atom. The molecule has 1 atom stereocenters. The van der Waals surface area contributed by atoms with Gasteiger partial charge in [0.15, 0.2) is 0 Å². The zero-order valence-corrected chi connectivity index (χ0v) is 15.7. The summed E-state index contributed by atoms with van der Waals surface area (Å²) in [5.74, 6) is -0.330. The molecule has 0 radical (unpaired) electrons. The minimum Gasteiger partial charge on any atom is -0.388 e. The summed E-state index contributed by atoms with van der Waals surface area (Å²) in [6.07, 6.45) is 1.72. The minimum atomic E-state index is -0.728. The molecule has 0 aromatic heterocycles. The molecule has 0 heterocycles. The van der Waals surface area contributed by atoms with E-state index >= 15 is 0 Å². The number of aliphatic hydroxyl groups is 1. The third-order valence-electron chi connectivity index (χ3n) is 3.66. The van der Waals surface area contributed by atoms with Crippen molar-refractivity contribution in [1.82, 2.24) is 0 Å². The summed E-state index contributed by atoms with van der Waals surface area (Å²) in [6, 6.07) is 26.4. The summed E-state index contributed by atoms with van der Waals surface area (Å²) in [4.78, 5) is 2.28. The van der Waals surface area contributed by atoms with Crippen LogP contribution in [0.3, 0.4) is 0 Å². The van der Waals surface area contributed by atoms with Gasteiger partial charge in [-0.25, -0.2) is 4.39 Å². The standard InChI is InChI=1S/C22H19FOS2/c23-18-9-7-8-17(16-18)21(24)14-15-22(25-19-10-3-1-4-11-19)26-20-12-5-2-6-13-20/h1-13,15-16,21,24H,14H2/t21-/m0/s1. The molecule has 3 aromatic carbocycles.